The molecule has 0 aliphatic heterocycles. The van der Waals surface area contributed by atoms with Crippen molar-refractivity contribution in [3.8, 4) is 0 Å². The predicted octanol–water partition coefficient (Wildman–Crippen LogP) is 2.78. The lowest BCUT2D eigenvalue weighted by molar-refractivity contribution is 0.144. The fraction of sp³-hybridized carbons (Fsp3) is 0.312. The van der Waals surface area contributed by atoms with Crippen molar-refractivity contribution in [3.63, 3.8) is 0 Å². The number of benzene rings is 1. The van der Waals surface area contributed by atoms with E-state index >= 15 is 0 Å². The van der Waals surface area contributed by atoms with Gasteiger partial charge >= 0.3 is 0 Å². The molecular formula is C16H19FN2O. The third-order valence-electron chi connectivity index (χ3n) is 3.22. The molecule has 3 nitrogen and oxygen atoms in total. The van der Waals surface area contributed by atoms with Gasteiger partial charge in [-0.05, 0) is 31.2 Å². The van der Waals surface area contributed by atoms with Crippen molar-refractivity contribution >= 4 is 0 Å². The van der Waals surface area contributed by atoms with Crippen LogP contribution in [0.15, 0.2) is 48.8 Å². The summed E-state index contributed by atoms with van der Waals surface area (Å²) in [5.74, 6) is -0.352. The molecule has 0 saturated heterocycles. The molecule has 1 atom stereocenters. The highest BCUT2D eigenvalue weighted by Crippen LogP contribution is 2.20. The average Bonchev–Trinajstić information content (AvgIpc) is 2.46. The molecule has 0 radical (unpaired) electrons. The first kappa shape index (κ1) is 14.6. The number of hydrogen-bond acceptors (Lipinski definition) is 3. The summed E-state index contributed by atoms with van der Waals surface area (Å²) in [6.45, 7) is 1.45. The van der Waals surface area contributed by atoms with E-state index < -0.39 is 6.10 Å². The summed E-state index contributed by atoms with van der Waals surface area (Å²) in [5.41, 5.74) is 1.48. The van der Waals surface area contributed by atoms with Crippen LogP contribution in [0.25, 0.3) is 0 Å². The summed E-state index contributed by atoms with van der Waals surface area (Å²) in [7, 11) is 1.97. The molecule has 0 amide bonds. The van der Waals surface area contributed by atoms with Crippen LogP contribution in [0.5, 0.6) is 0 Å². The quantitative estimate of drug-likeness (QED) is 0.880. The van der Waals surface area contributed by atoms with E-state index in [1.165, 1.54) is 6.07 Å². The molecule has 1 aromatic carbocycles. The summed E-state index contributed by atoms with van der Waals surface area (Å²) >= 11 is 0. The van der Waals surface area contributed by atoms with Gasteiger partial charge in [0.15, 0.2) is 0 Å². The number of halogens is 1. The molecule has 2 rings (SSSR count). The Bertz CT molecular complexity index is 533. The summed E-state index contributed by atoms with van der Waals surface area (Å²) in [4.78, 5) is 6.15. The van der Waals surface area contributed by atoms with E-state index in [-0.39, 0.29) is 5.82 Å². The van der Waals surface area contributed by atoms with Crippen LogP contribution in [0, 0.1) is 5.82 Å². The van der Waals surface area contributed by atoms with Crippen LogP contribution >= 0.6 is 0 Å². The van der Waals surface area contributed by atoms with Crippen LogP contribution < -0.4 is 0 Å². The van der Waals surface area contributed by atoms with Crippen LogP contribution in [0.2, 0.25) is 0 Å². The summed E-state index contributed by atoms with van der Waals surface area (Å²) < 4.78 is 13.5. The van der Waals surface area contributed by atoms with Gasteiger partial charge in [0.1, 0.15) is 5.82 Å². The molecule has 0 fully saturated rings. The maximum Gasteiger partial charge on any atom is 0.128 e. The van der Waals surface area contributed by atoms with Gasteiger partial charge in [-0.15, -0.1) is 0 Å². The first-order valence-electron chi connectivity index (χ1n) is 6.67. The number of aromatic nitrogens is 1. The van der Waals surface area contributed by atoms with Crippen molar-refractivity contribution in [1.82, 2.24) is 9.88 Å². The zero-order valence-corrected chi connectivity index (χ0v) is 11.5. The van der Waals surface area contributed by atoms with Crippen molar-refractivity contribution in [2.24, 2.45) is 0 Å². The fourth-order valence-electron chi connectivity index (χ4n) is 2.13. The van der Waals surface area contributed by atoms with E-state index in [9.17, 15) is 9.50 Å². The second-order valence-corrected chi connectivity index (χ2v) is 4.93. The van der Waals surface area contributed by atoms with Crippen LogP contribution in [0.3, 0.4) is 0 Å². The highest BCUT2D eigenvalue weighted by Gasteiger charge is 2.12. The molecule has 20 heavy (non-hydrogen) atoms. The van der Waals surface area contributed by atoms with Crippen LogP contribution in [-0.4, -0.2) is 28.6 Å². The molecule has 1 heterocycles. The Morgan fingerprint density at radius 3 is 2.75 bits per heavy atom. The standard InChI is InChI=1S/C16H19FN2O/c1-19(12-13-5-4-9-18-11-13)10-8-16(20)14-6-2-3-7-15(14)17/h2-7,9,11,16,20H,8,10,12H2,1H3. The summed E-state index contributed by atoms with van der Waals surface area (Å²) in [6, 6.07) is 10.3. The molecular weight excluding hydrogens is 255 g/mol. The molecule has 1 aromatic heterocycles. The average molecular weight is 274 g/mol. The molecule has 0 spiro atoms. The predicted molar refractivity (Wildman–Crippen MR) is 76.5 cm³/mol. The molecule has 0 aliphatic rings. The largest absolute Gasteiger partial charge is 0.388 e. The van der Waals surface area contributed by atoms with E-state index in [1.807, 2.05) is 25.4 Å². The molecule has 4 heteroatoms. The number of aliphatic hydroxyl groups excluding tert-OH is 1. The lowest BCUT2D eigenvalue weighted by Gasteiger charge is -2.19. The maximum atomic E-state index is 13.5. The van der Waals surface area contributed by atoms with E-state index in [2.05, 4.69) is 9.88 Å². The van der Waals surface area contributed by atoms with Crippen molar-refractivity contribution in [2.45, 2.75) is 19.1 Å². The SMILES string of the molecule is CN(CCC(O)c1ccccc1F)Cc1cccnc1. The van der Waals surface area contributed by atoms with E-state index in [1.54, 1.807) is 24.4 Å². The Hall–Kier alpha value is -1.78. The van der Waals surface area contributed by atoms with Crippen molar-refractivity contribution in [2.75, 3.05) is 13.6 Å². The number of hydrogen-bond donors (Lipinski definition) is 1. The minimum absolute atomic E-state index is 0.352. The van der Waals surface area contributed by atoms with Gasteiger partial charge in [0.2, 0.25) is 0 Å². The Labute approximate surface area is 118 Å². The maximum absolute atomic E-state index is 13.5. The third-order valence-corrected chi connectivity index (χ3v) is 3.22. The number of rotatable bonds is 6. The van der Waals surface area contributed by atoms with Gasteiger partial charge in [0.05, 0.1) is 6.10 Å². The van der Waals surface area contributed by atoms with Gasteiger partial charge in [-0.25, -0.2) is 4.39 Å². The summed E-state index contributed by atoms with van der Waals surface area (Å²) in [5, 5.41) is 10.0. The van der Waals surface area contributed by atoms with Gasteiger partial charge in [-0.2, -0.15) is 0 Å². The van der Waals surface area contributed by atoms with Crippen LogP contribution in [0.1, 0.15) is 23.7 Å². The fourth-order valence-corrected chi connectivity index (χ4v) is 2.13. The van der Waals surface area contributed by atoms with Crippen LogP contribution in [0.4, 0.5) is 4.39 Å². The van der Waals surface area contributed by atoms with E-state index in [0.29, 0.717) is 18.5 Å². The Morgan fingerprint density at radius 1 is 1.25 bits per heavy atom. The Kier molecular flexibility index (Phi) is 5.21. The van der Waals surface area contributed by atoms with Gasteiger partial charge in [0, 0.05) is 31.0 Å². The van der Waals surface area contributed by atoms with E-state index in [0.717, 1.165) is 12.1 Å². The first-order chi connectivity index (χ1) is 9.66. The molecule has 1 N–H and O–H groups in total. The molecule has 1 unspecified atom stereocenters. The normalized spacial score (nSPS) is 12.6. The van der Waals surface area contributed by atoms with Gasteiger partial charge in [-0.3, -0.25) is 4.98 Å². The zero-order chi connectivity index (χ0) is 14.4. The van der Waals surface area contributed by atoms with Gasteiger partial charge in [0.25, 0.3) is 0 Å². The first-order valence-corrected chi connectivity index (χ1v) is 6.67. The Balaban J connectivity index is 1.84. The number of nitrogens with zero attached hydrogens (tertiary/aromatic N) is 2. The lowest BCUT2D eigenvalue weighted by Crippen LogP contribution is -2.21. The monoisotopic (exact) mass is 274 g/mol. The topological polar surface area (TPSA) is 36.4 Å². The van der Waals surface area contributed by atoms with Crippen molar-refractivity contribution in [3.05, 3.63) is 65.7 Å². The van der Waals surface area contributed by atoms with Crippen LogP contribution in [-0.2, 0) is 6.54 Å². The molecule has 0 bridgehead atoms. The second kappa shape index (κ2) is 7.12. The summed E-state index contributed by atoms with van der Waals surface area (Å²) in [6.07, 6.45) is 3.29. The van der Waals surface area contributed by atoms with Crippen molar-refractivity contribution in [1.29, 1.82) is 0 Å². The Morgan fingerprint density at radius 2 is 2.05 bits per heavy atom. The van der Waals surface area contributed by atoms with E-state index in [4.69, 9.17) is 0 Å². The molecule has 0 aliphatic carbocycles. The molecule has 0 saturated carbocycles. The number of pyridine rings is 1. The highest BCUT2D eigenvalue weighted by molar-refractivity contribution is 5.19. The molecule has 106 valence electrons. The van der Waals surface area contributed by atoms with Crippen molar-refractivity contribution < 1.29 is 9.50 Å². The lowest BCUT2D eigenvalue weighted by atomic mass is 10.1. The second-order valence-electron chi connectivity index (χ2n) is 4.93. The smallest absolute Gasteiger partial charge is 0.128 e. The minimum atomic E-state index is -0.771. The highest BCUT2D eigenvalue weighted by atomic mass is 19.1. The third kappa shape index (κ3) is 4.11. The van der Waals surface area contributed by atoms with Gasteiger partial charge < -0.3 is 10.0 Å². The number of aliphatic hydroxyl groups is 1. The van der Waals surface area contributed by atoms with Gasteiger partial charge in [-0.1, -0.05) is 24.3 Å². The molecule has 2 aromatic rings. The minimum Gasteiger partial charge on any atom is -0.388 e. The zero-order valence-electron chi connectivity index (χ0n) is 11.5.